The average Bonchev–Trinajstić information content (AvgIpc) is 3.14. The molecular formula is C19H18N2O3. The van der Waals surface area contributed by atoms with Gasteiger partial charge in [0.15, 0.2) is 6.61 Å². The largest absolute Gasteiger partial charge is 0.484 e. The van der Waals surface area contributed by atoms with Crippen LogP contribution in [0.3, 0.4) is 0 Å². The molecule has 0 aliphatic heterocycles. The summed E-state index contributed by atoms with van der Waals surface area (Å²) in [4.78, 5) is 16.1. The number of amides is 1. The molecule has 122 valence electrons. The third-order valence-electron chi connectivity index (χ3n) is 3.48. The van der Waals surface area contributed by atoms with Gasteiger partial charge in [0.1, 0.15) is 11.5 Å². The molecular weight excluding hydrogens is 304 g/mol. The van der Waals surface area contributed by atoms with Gasteiger partial charge in [-0.05, 0) is 42.8 Å². The molecule has 0 fully saturated rings. The van der Waals surface area contributed by atoms with E-state index in [0.717, 1.165) is 22.5 Å². The van der Waals surface area contributed by atoms with Crippen molar-refractivity contribution in [3.63, 3.8) is 0 Å². The zero-order valence-electron chi connectivity index (χ0n) is 13.4. The van der Waals surface area contributed by atoms with Crippen LogP contribution in [0, 0.1) is 6.92 Å². The fraction of sp³-hybridized carbons (Fsp3) is 0.158. The summed E-state index contributed by atoms with van der Waals surface area (Å²) < 4.78 is 10.8. The minimum absolute atomic E-state index is 0.0195. The Hall–Kier alpha value is -3.08. The Morgan fingerprint density at radius 3 is 2.79 bits per heavy atom. The maximum Gasteiger partial charge on any atom is 0.258 e. The summed E-state index contributed by atoms with van der Waals surface area (Å²) in [5.41, 5.74) is 2.92. The Kier molecular flexibility index (Phi) is 4.91. The van der Waals surface area contributed by atoms with Crippen LogP contribution in [0.1, 0.15) is 11.1 Å². The highest BCUT2D eigenvalue weighted by atomic mass is 16.5. The average molecular weight is 322 g/mol. The number of furan rings is 1. The zero-order chi connectivity index (χ0) is 16.8. The van der Waals surface area contributed by atoms with E-state index in [0.29, 0.717) is 12.3 Å². The van der Waals surface area contributed by atoms with Gasteiger partial charge in [-0.1, -0.05) is 17.7 Å². The van der Waals surface area contributed by atoms with Gasteiger partial charge in [-0.3, -0.25) is 9.78 Å². The van der Waals surface area contributed by atoms with E-state index in [4.69, 9.17) is 9.15 Å². The molecule has 2 aromatic heterocycles. The maximum absolute atomic E-state index is 11.9. The predicted octanol–water partition coefficient (Wildman–Crippen LogP) is 3.35. The van der Waals surface area contributed by atoms with E-state index in [1.54, 1.807) is 18.7 Å². The molecule has 5 nitrogen and oxygen atoms in total. The molecule has 0 saturated carbocycles. The van der Waals surface area contributed by atoms with Crippen LogP contribution in [0.5, 0.6) is 5.75 Å². The van der Waals surface area contributed by atoms with Crippen molar-refractivity contribution in [2.45, 2.75) is 13.5 Å². The highest BCUT2D eigenvalue weighted by Crippen LogP contribution is 2.19. The minimum Gasteiger partial charge on any atom is -0.484 e. The van der Waals surface area contributed by atoms with Gasteiger partial charge in [0.05, 0.1) is 6.26 Å². The first-order valence-corrected chi connectivity index (χ1v) is 7.65. The number of carbonyl (C=O) groups is 1. The predicted molar refractivity (Wildman–Crippen MR) is 90.5 cm³/mol. The van der Waals surface area contributed by atoms with Crippen molar-refractivity contribution in [3.05, 3.63) is 72.2 Å². The zero-order valence-corrected chi connectivity index (χ0v) is 13.4. The summed E-state index contributed by atoms with van der Waals surface area (Å²) in [5.74, 6) is 1.24. The number of aryl methyl sites for hydroxylation is 1. The van der Waals surface area contributed by atoms with Crippen molar-refractivity contribution in [1.29, 1.82) is 0 Å². The van der Waals surface area contributed by atoms with E-state index in [-0.39, 0.29) is 12.5 Å². The summed E-state index contributed by atoms with van der Waals surface area (Å²) in [5, 5.41) is 2.82. The first-order chi connectivity index (χ1) is 11.7. The van der Waals surface area contributed by atoms with E-state index >= 15 is 0 Å². The van der Waals surface area contributed by atoms with Crippen LogP contribution in [0.25, 0.3) is 11.3 Å². The third kappa shape index (κ3) is 4.23. The van der Waals surface area contributed by atoms with Crippen molar-refractivity contribution in [1.82, 2.24) is 10.3 Å². The number of ether oxygens (including phenoxy) is 1. The first-order valence-electron chi connectivity index (χ1n) is 7.65. The molecule has 3 aromatic rings. The van der Waals surface area contributed by atoms with E-state index < -0.39 is 0 Å². The summed E-state index contributed by atoms with van der Waals surface area (Å²) in [6, 6.07) is 13.2. The Morgan fingerprint density at radius 1 is 1.21 bits per heavy atom. The summed E-state index contributed by atoms with van der Waals surface area (Å²) in [7, 11) is 0. The number of pyridine rings is 1. The molecule has 0 bridgehead atoms. The Balaban J connectivity index is 1.51. The maximum atomic E-state index is 11.9. The van der Waals surface area contributed by atoms with Gasteiger partial charge in [-0.2, -0.15) is 0 Å². The number of rotatable bonds is 6. The Labute approximate surface area is 140 Å². The van der Waals surface area contributed by atoms with Gasteiger partial charge in [0.2, 0.25) is 0 Å². The number of nitrogens with zero attached hydrogens (tertiary/aromatic N) is 1. The highest BCUT2D eigenvalue weighted by Gasteiger charge is 2.06. The van der Waals surface area contributed by atoms with Crippen LogP contribution in [0.4, 0.5) is 0 Å². The number of nitrogens with one attached hydrogen (secondary N) is 1. The van der Waals surface area contributed by atoms with Gasteiger partial charge < -0.3 is 14.5 Å². The SMILES string of the molecule is Cc1ccc(OCC(=O)NCc2cncc(-c3ccco3)c2)cc1. The fourth-order valence-electron chi connectivity index (χ4n) is 2.20. The number of hydrogen-bond acceptors (Lipinski definition) is 4. The lowest BCUT2D eigenvalue weighted by atomic mass is 10.1. The van der Waals surface area contributed by atoms with Crippen molar-refractivity contribution in [3.8, 4) is 17.1 Å². The Bertz CT molecular complexity index is 796. The molecule has 0 spiro atoms. The molecule has 1 aromatic carbocycles. The van der Waals surface area contributed by atoms with Crippen LogP contribution < -0.4 is 10.1 Å². The van der Waals surface area contributed by atoms with E-state index in [1.807, 2.05) is 49.4 Å². The standard InChI is InChI=1S/C19H18N2O3/c1-14-4-6-17(7-5-14)24-13-19(22)21-11-15-9-16(12-20-10-15)18-3-2-8-23-18/h2-10,12H,11,13H2,1H3,(H,21,22). The van der Waals surface area contributed by atoms with E-state index in [9.17, 15) is 4.79 Å². The normalized spacial score (nSPS) is 10.4. The van der Waals surface area contributed by atoms with Crippen molar-refractivity contribution < 1.29 is 13.9 Å². The summed E-state index contributed by atoms with van der Waals surface area (Å²) in [6.07, 6.45) is 5.06. The lowest BCUT2D eigenvalue weighted by Gasteiger charge is -2.08. The first kappa shape index (κ1) is 15.8. The molecule has 1 N–H and O–H groups in total. The van der Waals surface area contributed by atoms with Gasteiger partial charge >= 0.3 is 0 Å². The van der Waals surface area contributed by atoms with E-state index in [2.05, 4.69) is 10.3 Å². The van der Waals surface area contributed by atoms with Crippen molar-refractivity contribution in [2.75, 3.05) is 6.61 Å². The number of carbonyl (C=O) groups excluding carboxylic acids is 1. The number of hydrogen-bond donors (Lipinski definition) is 1. The quantitative estimate of drug-likeness (QED) is 0.756. The minimum atomic E-state index is -0.182. The molecule has 5 heteroatoms. The van der Waals surface area contributed by atoms with Crippen LogP contribution in [-0.4, -0.2) is 17.5 Å². The van der Waals surface area contributed by atoms with Gasteiger partial charge in [-0.25, -0.2) is 0 Å². The topological polar surface area (TPSA) is 64.4 Å². The second kappa shape index (κ2) is 7.46. The molecule has 0 saturated heterocycles. The molecule has 0 aliphatic carbocycles. The van der Waals surface area contributed by atoms with Gasteiger partial charge in [0.25, 0.3) is 5.91 Å². The molecule has 3 rings (SSSR count). The van der Waals surface area contributed by atoms with E-state index in [1.165, 1.54) is 0 Å². The number of benzene rings is 1. The highest BCUT2D eigenvalue weighted by molar-refractivity contribution is 5.77. The summed E-state index contributed by atoms with van der Waals surface area (Å²) >= 11 is 0. The molecule has 24 heavy (non-hydrogen) atoms. The number of aromatic nitrogens is 1. The smallest absolute Gasteiger partial charge is 0.258 e. The summed E-state index contributed by atoms with van der Waals surface area (Å²) in [6.45, 7) is 2.37. The van der Waals surface area contributed by atoms with Crippen molar-refractivity contribution in [2.24, 2.45) is 0 Å². The molecule has 2 heterocycles. The lowest BCUT2D eigenvalue weighted by Crippen LogP contribution is -2.28. The molecule has 1 amide bonds. The van der Waals surface area contributed by atoms with Crippen LogP contribution in [-0.2, 0) is 11.3 Å². The monoisotopic (exact) mass is 322 g/mol. The van der Waals surface area contributed by atoms with Crippen LogP contribution in [0.2, 0.25) is 0 Å². The lowest BCUT2D eigenvalue weighted by molar-refractivity contribution is -0.123. The third-order valence-corrected chi connectivity index (χ3v) is 3.48. The van der Waals surface area contributed by atoms with Gasteiger partial charge in [-0.15, -0.1) is 0 Å². The second-order valence-corrected chi connectivity index (χ2v) is 5.44. The Morgan fingerprint density at radius 2 is 2.04 bits per heavy atom. The fourth-order valence-corrected chi connectivity index (χ4v) is 2.20. The molecule has 0 atom stereocenters. The van der Waals surface area contributed by atoms with Crippen molar-refractivity contribution >= 4 is 5.91 Å². The molecule has 0 unspecified atom stereocenters. The molecule has 0 radical (unpaired) electrons. The molecule has 0 aliphatic rings. The van der Waals surface area contributed by atoms with Gasteiger partial charge in [0, 0.05) is 24.5 Å². The van der Waals surface area contributed by atoms with Crippen LogP contribution in [0.15, 0.2) is 65.5 Å². The second-order valence-electron chi connectivity index (χ2n) is 5.44. The van der Waals surface area contributed by atoms with Crippen LogP contribution >= 0.6 is 0 Å².